The van der Waals surface area contributed by atoms with Gasteiger partial charge in [-0.25, -0.2) is 9.78 Å². The minimum absolute atomic E-state index is 0.0450. The molecular weight excluding hydrogens is 348 g/mol. The van der Waals surface area contributed by atoms with Crippen molar-refractivity contribution in [2.24, 2.45) is 5.92 Å². The van der Waals surface area contributed by atoms with Crippen molar-refractivity contribution >= 4 is 23.8 Å². The van der Waals surface area contributed by atoms with Crippen LogP contribution in [0.3, 0.4) is 0 Å². The SMILES string of the molecule is Cc1cc(N(C)C)nc(NC(=O)NC2CC(N(CC(=O)O)CC3CC3)C2)n1. The quantitative estimate of drug-likeness (QED) is 0.627. The van der Waals surface area contributed by atoms with Gasteiger partial charge in [0.2, 0.25) is 5.95 Å². The van der Waals surface area contributed by atoms with Crippen LogP contribution in [0.15, 0.2) is 6.07 Å². The Labute approximate surface area is 159 Å². The van der Waals surface area contributed by atoms with E-state index in [1.54, 1.807) is 0 Å². The first-order valence-corrected chi connectivity index (χ1v) is 9.36. The maximum atomic E-state index is 12.2. The summed E-state index contributed by atoms with van der Waals surface area (Å²) in [5.41, 5.74) is 0.775. The summed E-state index contributed by atoms with van der Waals surface area (Å²) in [7, 11) is 3.76. The number of carboxylic acid groups (broad SMARTS) is 1. The van der Waals surface area contributed by atoms with Gasteiger partial charge in [-0.3, -0.25) is 15.0 Å². The highest BCUT2D eigenvalue weighted by Gasteiger charge is 2.37. The minimum atomic E-state index is -0.793. The lowest BCUT2D eigenvalue weighted by Gasteiger charge is -2.42. The van der Waals surface area contributed by atoms with Crippen molar-refractivity contribution in [3.8, 4) is 0 Å². The fraction of sp³-hybridized carbons (Fsp3) is 0.667. The van der Waals surface area contributed by atoms with Gasteiger partial charge in [-0.05, 0) is 38.5 Å². The molecule has 0 aliphatic heterocycles. The van der Waals surface area contributed by atoms with Gasteiger partial charge in [-0.1, -0.05) is 0 Å². The molecule has 9 nitrogen and oxygen atoms in total. The average Bonchev–Trinajstić information content (AvgIpc) is 3.32. The third kappa shape index (κ3) is 5.53. The van der Waals surface area contributed by atoms with Crippen LogP contribution < -0.4 is 15.5 Å². The van der Waals surface area contributed by atoms with E-state index < -0.39 is 5.97 Å². The summed E-state index contributed by atoms with van der Waals surface area (Å²) in [5, 5.41) is 14.7. The molecule has 2 aliphatic rings. The highest BCUT2D eigenvalue weighted by Crippen LogP contribution is 2.33. The number of rotatable bonds is 8. The summed E-state index contributed by atoms with van der Waals surface area (Å²) in [6, 6.07) is 1.78. The van der Waals surface area contributed by atoms with E-state index in [4.69, 9.17) is 5.11 Å². The van der Waals surface area contributed by atoms with Crippen molar-refractivity contribution in [1.82, 2.24) is 20.2 Å². The van der Waals surface area contributed by atoms with Gasteiger partial charge in [0, 0.05) is 44.5 Å². The van der Waals surface area contributed by atoms with Crippen LogP contribution in [0.4, 0.5) is 16.6 Å². The molecule has 0 aromatic carbocycles. The Bertz CT molecular complexity index is 700. The Balaban J connectivity index is 1.47. The predicted molar refractivity (Wildman–Crippen MR) is 102 cm³/mol. The van der Waals surface area contributed by atoms with Crippen LogP contribution in [-0.4, -0.2) is 71.2 Å². The Morgan fingerprint density at radius 3 is 2.56 bits per heavy atom. The van der Waals surface area contributed by atoms with Crippen LogP contribution in [0, 0.1) is 12.8 Å². The average molecular weight is 376 g/mol. The molecule has 2 aliphatic carbocycles. The van der Waals surface area contributed by atoms with Gasteiger partial charge in [0.05, 0.1) is 6.54 Å². The number of hydrogen-bond acceptors (Lipinski definition) is 6. The predicted octanol–water partition coefficient (Wildman–Crippen LogP) is 1.30. The molecule has 0 atom stereocenters. The third-order valence-electron chi connectivity index (χ3n) is 5.02. The van der Waals surface area contributed by atoms with E-state index in [1.165, 1.54) is 12.8 Å². The van der Waals surface area contributed by atoms with Crippen molar-refractivity contribution in [3.05, 3.63) is 11.8 Å². The van der Waals surface area contributed by atoms with Gasteiger partial charge in [-0.15, -0.1) is 0 Å². The number of aliphatic carboxylic acids is 1. The molecule has 0 bridgehead atoms. The molecule has 0 unspecified atom stereocenters. The number of aryl methyl sites for hydroxylation is 1. The number of aromatic nitrogens is 2. The number of carbonyl (C=O) groups excluding carboxylic acids is 1. The molecule has 27 heavy (non-hydrogen) atoms. The van der Waals surface area contributed by atoms with Crippen LogP contribution in [0.2, 0.25) is 0 Å². The van der Waals surface area contributed by atoms with E-state index in [9.17, 15) is 9.59 Å². The fourth-order valence-corrected chi connectivity index (χ4v) is 3.31. The first kappa shape index (κ1) is 19.3. The van der Waals surface area contributed by atoms with Gasteiger partial charge < -0.3 is 15.3 Å². The highest BCUT2D eigenvalue weighted by atomic mass is 16.4. The van der Waals surface area contributed by atoms with Gasteiger partial charge in [0.25, 0.3) is 0 Å². The number of anilines is 2. The molecule has 2 fully saturated rings. The second kappa shape index (κ2) is 8.08. The molecule has 1 heterocycles. The summed E-state index contributed by atoms with van der Waals surface area (Å²) in [6.07, 6.45) is 3.92. The lowest BCUT2D eigenvalue weighted by Crippen LogP contribution is -2.56. The van der Waals surface area contributed by atoms with Crippen LogP contribution in [-0.2, 0) is 4.79 Å². The van der Waals surface area contributed by atoms with E-state index in [-0.39, 0.29) is 30.6 Å². The molecule has 1 aromatic rings. The zero-order valence-corrected chi connectivity index (χ0v) is 16.1. The second-order valence-electron chi connectivity index (χ2n) is 7.77. The smallest absolute Gasteiger partial charge is 0.321 e. The number of nitrogens with zero attached hydrogens (tertiary/aromatic N) is 4. The van der Waals surface area contributed by atoms with E-state index >= 15 is 0 Å². The maximum absolute atomic E-state index is 12.2. The normalized spacial score (nSPS) is 21.5. The zero-order valence-electron chi connectivity index (χ0n) is 16.1. The summed E-state index contributed by atoms with van der Waals surface area (Å²) >= 11 is 0. The number of urea groups is 1. The van der Waals surface area contributed by atoms with Crippen LogP contribution in [0.5, 0.6) is 0 Å². The van der Waals surface area contributed by atoms with Crippen molar-refractivity contribution in [2.75, 3.05) is 37.4 Å². The molecule has 0 radical (unpaired) electrons. The van der Waals surface area contributed by atoms with Crippen LogP contribution in [0.25, 0.3) is 0 Å². The Kier molecular flexibility index (Phi) is 5.79. The van der Waals surface area contributed by atoms with E-state index in [0.717, 1.165) is 30.9 Å². The van der Waals surface area contributed by atoms with Crippen molar-refractivity contribution in [3.63, 3.8) is 0 Å². The number of nitrogens with one attached hydrogen (secondary N) is 2. The molecule has 9 heteroatoms. The monoisotopic (exact) mass is 376 g/mol. The first-order valence-electron chi connectivity index (χ1n) is 9.36. The van der Waals surface area contributed by atoms with E-state index in [0.29, 0.717) is 5.92 Å². The van der Waals surface area contributed by atoms with Gasteiger partial charge in [-0.2, -0.15) is 4.98 Å². The van der Waals surface area contributed by atoms with Crippen LogP contribution >= 0.6 is 0 Å². The fourth-order valence-electron chi connectivity index (χ4n) is 3.31. The van der Waals surface area contributed by atoms with Crippen LogP contribution in [0.1, 0.15) is 31.4 Å². The van der Waals surface area contributed by atoms with E-state index in [1.807, 2.05) is 36.9 Å². The van der Waals surface area contributed by atoms with Crippen molar-refractivity contribution in [2.45, 2.75) is 44.7 Å². The zero-order chi connectivity index (χ0) is 19.6. The summed E-state index contributed by atoms with van der Waals surface area (Å²) < 4.78 is 0. The molecule has 148 valence electrons. The molecule has 0 saturated heterocycles. The molecule has 0 spiro atoms. The Morgan fingerprint density at radius 2 is 1.96 bits per heavy atom. The third-order valence-corrected chi connectivity index (χ3v) is 5.02. The Morgan fingerprint density at radius 1 is 1.26 bits per heavy atom. The molecular formula is C18H28N6O3. The number of carbonyl (C=O) groups is 2. The minimum Gasteiger partial charge on any atom is -0.480 e. The van der Waals surface area contributed by atoms with E-state index in [2.05, 4.69) is 20.6 Å². The first-order chi connectivity index (χ1) is 12.8. The maximum Gasteiger partial charge on any atom is 0.321 e. The molecule has 3 rings (SSSR count). The topological polar surface area (TPSA) is 111 Å². The summed E-state index contributed by atoms with van der Waals surface area (Å²) in [6.45, 7) is 2.77. The van der Waals surface area contributed by atoms with Gasteiger partial charge in [0.15, 0.2) is 0 Å². The number of amides is 2. The standard InChI is InChI=1S/C18H28N6O3/c1-11-6-15(23(2)3)21-17(19-11)22-18(27)20-13-7-14(8-13)24(10-16(25)26)9-12-4-5-12/h6,12-14H,4-5,7-10H2,1-3H3,(H,25,26)(H2,19,20,21,22,27). The molecule has 2 amide bonds. The summed E-state index contributed by atoms with van der Waals surface area (Å²) in [5.74, 6) is 0.848. The second-order valence-corrected chi connectivity index (χ2v) is 7.77. The molecule has 3 N–H and O–H groups in total. The Hall–Kier alpha value is -2.42. The van der Waals surface area contributed by atoms with Gasteiger partial charge in [0.1, 0.15) is 5.82 Å². The van der Waals surface area contributed by atoms with Crippen molar-refractivity contribution < 1.29 is 14.7 Å². The highest BCUT2D eigenvalue weighted by molar-refractivity contribution is 5.87. The van der Waals surface area contributed by atoms with Crippen molar-refractivity contribution in [1.29, 1.82) is 0 Å². The number of hydrogen-bond donors (Lipinski definition) is 3. The molecule has 1 aromatic heterocycles. The lowest BCUT2D eigenvalue weighted by molar-refractivity contribution is -0.139. The largest absolute Gasteiger partial charge is 0.480 e. The lowest BCUT2D eigenvalue weighted by atomic mass is 9.85. The number of carboxylic acids is 1. The van der Waals surface area contributed by atoms with Gasteiger partial charge >= 0.3 is 12.0 Å². The summed E-state index contributed by atoms with van der Waals surface area (Å²) in [4.78, 5) is 35.8. The molecule has 2 saturated carbocycles.